The largest absolute Gasteiger partial charge is 0.428 e. The molecule has 0 N–H and O–H groups in total. The van der Waals surface area contributed by atoms with Crippen molar-refractivity contribution in [2.24, 2.45) is 0 Å². The van der Waals surface area contributed by atoms with Gasteiger partial charge in [-0.05, 0) is 49.4 Å². The average molecular weight is 322 g/mol. The predicted octanol–water partition coefficient (Wildman–Crippen LogP) is 3.04. The lowest BCUT2D eigenvalue weighted by molar-refractivity contribution is -0.178. The Morgan fingerprint density at radius 3 is 2.78 bits per heavy atom. The summed E-state index contributed by atoms with van der Waals surface area (Å²) >= 11 is 0. The summed E-state index contributed by atoms with van der Waals surface area (Å²) < 4.78 is 19.0. The van der Waals surface area contributed by atoms with Gasteiger partial charge >= 0.3 is 6.09 Å². The van der Waals surface area contributed by atoms with Gasteiger partial charge in [0.2, 0.25) is 0 Å². The number of benzene rings is 1. The normalized spacial score (nSPS) is 22.9. The third-order valence-electron chi connectivity index (χ3n) is 4.43. The molecule has 0 spiro atoms. The molecule has 0 saturated carbocycles. The number of likely N-dealkylation sites (tertiary alicyclic amines) is 1. The minimum atomic E-state index is -0.277. The molecule has 1 amide bonds. The van der Waals surface area contributed by atoms with Crippen molar-refractivity contribution >= 4 is 6.09 Å². The van der Waals surface area contributed by atoms with Crippen LogP contribution in [0, 0.1) is 12.7 Å². The maximum absolute atomic E-state index is 13.2. The van der Waals surface area contributed by atoms with Crippen LogP contribution in [0.3, 0.4) is 0 Å². The van der Waals surface area contributed by atoms with E-state index >= 15 is 0 Å². The number of morpholine rings is 1. The fraction of sp³-hybridized carbons (Fsp3) is 0.588. The molecule has 0 radical (unpaired) electrons. The number of rotatable bonds is 2. The molecule has 0 aliphatic carbocycles. The molecule has 2 heterocycles. The Morgan fingerprint density at radius 1 is 1.26 bits per heavy atom. The molecule has 5 nitrogen and oxygen atoms in total. The second-order valence-corrected chi connectivity index (χ2v) is 6.15. The maximum Gasteiger partial charge on any atom is 0.428 e. The Bertz CT molecular complexity index is 561. The summed E-state index contributed by atoms with van der Waals surface area (Å²) in [6.07, 6.45) is 2.76. The lowest BCUT2D eigenvalue weighted by Crippen LogP contribution is -2.44. The van der Waals surface area contributed by atoms with Crippen LogP contribution in [0.4, 0.5) is 9.18 Å². The van der Waals surface area contributed by atoms with Gasteiger partial charge in [-0.15, -0.1) is 5.06 Å². The van der Waals surface area contributed by atoms with E-state index in [1.807, 2.05) is 6.92 Å². The lowest BCUT2D eigenvalue weighted by Gasteiger charge is -2.34. The molecule has 23 heavy (non-hydrogen) atoms. The SMILES string of the molecule is Cc1cc(F)ccc1C1CN(OC(=O)N2CCCCC2)CCO1. The van der Waals surface area contributed by atoms with E-state index in [9.17, 15) is 9.18 Å². The smallest absolute Gasteiger partial charge is 0.371 e. The van der Waals surface area contributed by atoms with Crippen molar-refractivity contribution in [2.45, 2.75) is 32.3 Å². The third-order valence-corrected chi connectivity index (χ3v) is 4.43. The van der Waals surface area contributed by atoms with Crippen LogP contribution in [-0.4, -0.2) is 48.8 Å². The van der Waals surface area contributed by atoms with E-state index in [-0.39, 0.29) is 18.0 Å². The Labute approximate surface area is 135 Å². The minimum Gasteiger partial charge on any atom is -0.371 e. The van der Waals surface area contributed by atoms with E-state index in [2.05, 4.69) is 0 Å². The summed E-state index contributed by atoms with van der Waals surface area (Å²) in [7, 11) is 0. The van der Waals surface area contributed by atoms with Crippen molar-refractivity contribution in [3.05, 3.63) is 35.1 Å². The fourth-order valence-electron chi connectivity index (χ4n) is 3.14. The molecule has 1 aromatic carbocycles. The van der Waals surface area contributed by atoms with Gasteiger partial charge in [-0.2, -0.15) is 0 Å². The van der Waals surface area contributed by atoms with Crippen molar-refractivity contribution in [2.75, 3.05) is 32.8 Å². The topological polar surface area (TPSA) is 42.0 Å². The molecule has 1 atom stereocenters. The Balaban J connectivity index is 1.60. The van der Waals surface area contributed by atoms with E-state index in [1.54, 1.807) is 16.0 Å². The number of hydrogen-bond acceptors (Lipinski definition) is 4. The molecule has 6 heteroatoms. The molecule has 2 aliphatic rings. The zero-order chi connectivity index (χ0) is 16.2. The van der Waals surface area contributed by atoms with Crippen molar-refractivity contribution in [1.29, 1.82) is 0 Å². The molecule has 3 rings (SSSR count). The maximum atomic E-state index is 13.2. The van der Waals surface area contributed by atoms with Crippen molar-refractivity contribution in [3.8, 4) is 0 Å². The average Bonchev–Trinajstić information content (AvgIpc) is 2.56. The van der Waals surface area contributed by atoms with Crippen LogP contribution in [-0.2, 0) is 9.57 Å². The van der Waals surface area contributed by atoms with E-state index in [0.29, 0.717) is 19.7 Å². The highest BCUT2D eigenvalue weighted by atomic mass is 19.1. The molecule has 126 valence electrons. The van der Waals surface area contributed by atoms with Crippen molar-refractivity contribution in [3.63, 3.8) is 0 Å². The summed E-state index contributed by atoms with van der Waals surface area (Å²) in [5, 5.41) is 1.66. The van der Waals surface area contributed by atoms with Crippen LogP contribution in [0.1, 0.15) is 36.5 Å². The first-order valence-corrected chi connectivity index (χ1v) is 8.23. The molecule has 2 fully saturated rings. The lowest BCUT2D eigenvalue weighted by atomic mass is 10.0. The first-order chi connectivity index (χ1) is 11.1. The summed E-state index contributed by atoms with van der Waals surface area (Å²) in [5.74, 6) is -0.254. The first-order valence-electron chi connectivity index (χ1n) is 8.23. The van der Waals surface area contributed by atoms with Gasteiger partial charge < -0.3 is 14.5 Å². The molecule has 2 aliphatic heterocycles. The van der Waals surface area contributed by atoms with Gasteiger partial charge in [-0.3, -0.25) is 0 Å². The number of nitrogens with zero attached hydrogens (tertiary/aromatic N) is 2. The van der Waals surface area contributed by atoms with E-state index < -0.39 is 0 Å². The number of hydroxylamine groups is 2. The number of piperidine rings is 1. The summed E-state index contributed by atoms with van der Waals surface area (Å²) in [5.41, 5.74) is 1.78. The summed E-state index contributed by atoms with van der Waals surface area (Å²) in [6, 6.07) is 4.67. The highest BCUT2D eigenvalue weighted by molar-refractivity contribution is 5.67. The van der Waals surface area contributed by atoms with E-state index in [1.165, 1.54) is 18.6 Å². The molecule has 1 unspecified atom stereocenters. The third kappa shape index (κ3) is 4.00. The predicted molar refractivity (Wildman–Crippen MR) is 83.3 cm³/mol. The highest BCUT2D eigenvalue weighted by Gasteiger charge is 2.28. The van der Waals surface area contributed by atoms with Crippen molar-refractivity contribution in [1.82, 2.24) is 9.96 Å². The highest BCUT2D eigenvalue weighted by Crippen LogP contribution is 2.26. The number of amides is 1. The van der Waals surface area contributed by atoms with E-state index in [4.69, 9.17) is 9.57 Å². The molecular weight excluding hydrogens is 299 g/mol. The Hall–Kier alpha value is -1.66. The van der Waals surface area contributed by atoms with Crippen LogP contribution in [0.15, 0.2) is 18.2 Å². The molecular formula is C17H23FN2O3. The number of aryl methyl sites for hydroxylation is 1. The second-order valence-electron chi connectivity index (χ2n) is 6.15. The molecule has 0 bridgehead atoms. The van der Waals surface area contributed by atoms with Gasteiger partial charge in [-0.1, -0.05) is 6.07 Å². The van der Waals surface area contributed by atoms with Gasteiger partial charge in [0.05, 0.1) is 25.8 Å². The minimum absolute atomic E-state index is 0.210. The monoisotopic (exact) mass is 322 g/mol. The Kier molecular flexibility index (Phi) is 5.13. The number of ether oxygens (including phenoxy) is 1. The van der Waals surface area contributed by atoms with Gasteiger partial charge in [0.1, 0.15) is 5.82 Å². The van der Waals surface area contributed by atoms with Crippen LogP contribution >= 0.6 is 0 Å². The quantitative estimate of drug-likeness (QED) is 0.839. The van der Waals surface area contributed by atoms with Gasteiger partial charge in [-0.25, -0.2) is 9.18 Å². The van der Waals surface area contributed by atoms with E-state index in [0.717, 1.165) is 37.1 Å². The number of carbonyl (C=O) groups is 1. The summed E-state index contributed by atoms with van der Waals surface area (Å²) in [4.78, 5) is 19.5. The standard InChI is InChI=1S/C17H23FN2O3/c1-13-11-14(18)5-6-15(13)16-12-20(9-10-22-16)23-17(21)19-7-3-2-4-8-19/h5-6,11,16H,2-4,7-10,12H2,1H3. The zero-order valence-corrected chi connectivity index (χ0v) is 13.5. The number of halogens is 1. The second kappa shape index (κ2) is 7.27. The fourth-order valence-corrected chi connectivity index (χ4v) is 3.14. The van der Waals surface area contributed by atoms with Crippen LogP contribution in [0.2, 0.25) is 0 Å². The first kappa shape index (κ1) is 16.2. The van der Waals surface area contributed by atoms with Gasteiger partial charge in [0.25, 0.3) is 0 Å². The van der Waals surface area contributed by atoms with Gasteiger partial charge in [0.15, 0.2) is 0 Å². The summed E-state index contributed by atoms with van der Waals surface area (Å²) in [6.45, 7) is 4.89. The van der Waals surface area contributed by atoms with Crippen LogP contribution in [0.25, 0.3) is 0 Å². The molecule has 2 saturated heterocycles. The van der Waals surface area contributed by atoms with Crippen LogP contribution in [0.5, 0.6) is 0 Å². The number of carbonyl (C=O) groups excluding carboxylic acids is 1. The molecule has 1 aromatic rings. The Morgan fingerprint density at radius 2 is 2.04 bits per heavy atom. The molecule has 0 aromatic heterocycles. The zero-order valence-electron chi connectivity index (χ0n) is 13.5. The van der Waals surface area contributed by atoms with Crippen molar-refractivity contribution < 1.29 is 18.8 Å². The van der Waals surface area contributed by atoms with Gasteiger partial charge in [0, 0.05) is 13.1 Å². The van der Waals surface area contributed by atoms with Crippen LogP contribution < -0.4 is 0 Å². The number of hydrogen-bond donors (Lipinski definition) is 0.